The third-order valence-corrected chi connectivity index (χ3v) is 3.19. The van der Waals surface area contributed by atoms with E-state index in [2.05, 4.69) is 15.9 Å². The molecule has 1 aromatic carbocycles. The van der Waals surface area contributed by atoms with Gasteiger partial charge in [0.2, 0.25) is 0 Å². The van der Waals surface area contributed by atoms with Crippen LogP contribution in [0.5, 0.6) is 0 Å². The molecule has 0 aliphatic rings. The van der Waals surface area contributed by atoms with Gasteiger partial charge in [0.25, 0.3) is 5.56 Å². The molecule has 0 aliphatic carbocycles. The van der Waals surface area contributed by atoms with Gasteiger partial charge in [-0.15, -0.1) is 0 Å². The van der Waals surface area contributed by atoms with Gasteiger partial charge in [-0.05, 0) is 39.7 Å². The molecule has 0 spiro atoms. The second kappa shape index (κ2) is 4.94. The molecule has 0 bridgehead atoms. The summed E-state index contributed by atoms with van der Waals surface area (Å²) in [4.78, 5) is 11.6. The Morgan fingerprint density at radius 1 is 1.29 bits per heavy atom. The summed E-state index contributed by atoms with van der Waals surface area (Å²) >= 11 is 9.39. The van der Waals surface area contributed by atoms with E-state index in [-0.39, 0.29) is 5.56 Å². The van der Waals surface area contributed by atoms with Crippen molar-refractivity contribution < 1.29 is 0 Å². The molecular weight excluding hydrogens is 304 g/mol. The van der Waals surface area contributed by atoms with E-state index in [0.29, 0.717) is 17.3 Å². The van der Waals surface area contributed by atoms with Crippen LogP contribution in [0, 0.1) is 0 Å². The van der Waals surface area contributed by atoms with Crippen molar-refractivity contribution in [3.05, 3.63) is 61.9 Å². The minimum Gasteiger partial charge on any atom is -0.399 e. The highest BCUT2D eigenvalue weighted by atomic mass is 79.9. The lowest BCUT2D eigenvalue weighted by Gasteiger charge is -2.08. The van der Waals surface area contributed by atoms with Gasteiger partial charge in [-0.3, -0.25) is 4.79 Å². The van der Waals surface area contributed by atoms with E-state index < -0.39 is 0 Å². The number of benzene rings is 1. The lowest BCUT2D eigenvalue weighted by Crippen LogP contribution is -2.18. The Morgan fingerprint density at radius 2 is 2.06 bits per heavy atom. The van der Waals surface area contributed by atoms with Crippen molar-refractivity contribution in [3.8, 4) is 0 Å². The molecule has 0 amide bonds. The van der Waals surface area contributed by atoms with E-state index >= 15 is 0 Å². The molecule has 0 unspecified atom stereocenters. The number of hydrogen-bond donors (Lipinski definition) is 1. The number of nitrogens with two attached hydrogens (primary N) is 1. The molecule has 0 fully saturated rings. The molecule has 17 heavy (non-hydrogen) atoms. The second-order valence-corrected chi connectivity index (χ2v) is 4.99. The topological polar surface area (TPSA) is 48.0 Å². The fourth-order valence-corrected chi connectivity index (χ4v) is 2.13. The Labute approximate surface area is 112 Å². The number of rotatable bonds is 2. The smallest absolute Gasteiger partial charge is 0.250 e. The fourth-order valence-electron chi connectivity index (χ4n) is 1.50. The lowest BCUT2D eigenvalue weighted by atomic mass is 10.2. The predicted octanol–water partition coefficient (Wildman–Crippen LogP) is 2.89. The van der Waals surface area contributed by atoms with Crippen LogP contribution in [0.1, 0.15) is 5.56 Å². The summed E-state index contributed by atoms with van der Waals surface area (Å²) < 4.78 is 2.44. The maximum absolute atomic E-state index is 11.6. The molecule has 5 heteroatoms. The minimum atomic E-state index is -0.0684. The van der Waals surface area contributed by atoms with Gasteiger partial charge in [0, 0.05) is 27.4 Å². The number of halogens is 2. The van der Waals surface area contributed by atoms with Gasteiger partial charge in [-0.25, -0.2) is 0 Å². The number of anilines is 1. The maximum atomic E-state index is 11.6. The van der Waals surface area contributed by atoms with Crippen LogP contribution in [0.2, 0.25) is 5.02 Å². The van der Waals surface area contributed by atoms with Gasteiger partial charge in [0.15, 0.2) is 0 Å². The standard InChI is InChI=1S/C12H10BrClN2O/c13-9-2-4-12(17)16(7-9)6-8-1-3-10(15)5-11(8)14/h1-5,7H,6,15H2. The third-order valence-electron chi connectivity index (χ3n) is 2.37. The largest absolute Gasteiger partial charge is 0.399 e. The van der Waals surface area contributed by atoms with Gasteiger partial charge >= 0.3 is 0 Å². The molecule has 2 aromatic rings. The van der Waals surface area contributed by atoms with E-state index in [4.69, 9.17) is 17.3 Å². The lowest BCUT2D eigenvalue weighted by molar-refractivity contribution is 0.756. The quantitative estimate of drug-likeness (QED) is 0.867. The average Bonchev–Trinajstić information content (AvgIpc) is 2.27. The summed E-state index contributed by atoms with van der Waals surface area (Å²) in [6.07, 6.45) is 1.73. The number of pyridine rings is 1. The van der Waals surface area contributed by atoms with Crippen LogP contribution in [0.4, 0.5) is 5.69 Å². The summed E-state index contributed by atoms with van der Waals surface area (Å²) in [6.45, 7) is 0.428. The number of hydrogen-bond acceptors (Lipinski definition) is 2. The minimum absolute atomic E-state index is 0.0684. The molecule has 0 saturated heterocycles. The van der Waals surface area contributed by atoms with E-state index in [0.717, 1.165) is 10.0 Å². The molecule has 0 saturated carbocycles. The van der Waals surface area contributed by atoms with Crippen LogP contribution in [-0.2, 0) is 6.54 Å². The Hall–Kier alpha value is -1.26. The first-order valence-corrected chi connectivity index (χ1v) is 6.13. The molecule has 2 rings (SSSR count). The third kappa shape index (κ3) is 2.90. The zero-order chi connectivity index (χ0) is 12.4. The van der Waals surface area contributed by atoms with Gasteiger partial charge in [-0.1, -0.05) is 17.7 Å². The summed E-state index contributed by atoms with van der Waals surface area (Å²) in [5.41, 5.74) is 7.02. The van der Waals surface area contributed by atoms with Gasteiger partial charge in [0.1, 0.15) is 0 Å². The van der Waals surface area contributed by atoms with Crippen molar-refractivity contribution in [1.29, 1.82) is 0 Å². The van der Waals surface area contributed by atoms with Crippen LogP contribution < -0.4 is 11.3 Å². The molecule has 88 valence electrons. The van der Waals surface area contributed by atoms with Crippen LogP contribution >= 0.6 is 27.5 Å². The second-order valence-electron chi connectivity index (χ2n) is 3.66. The number of nitrogens with zero attached hydrogens (tertiary/aromatic N) is 1. The van der Waals surface area contributed by atoms with Crippen molar-refractivity contribution in [3.63, 3.8) is 0 Å². The van der Waals surface area contributed by atoms with E-state index in [1.807, 2.05) is 6.07 Å². The number of aromatic nitrogens is 1. The van der Waals surface area contributed by atoms with Crippen molar-refractivity contribution >= 4 is 33.2 Å². The van der Waals surface area contributed by atoms with Crippen LogP contribution in [0.3, 0.4) is 0 Å². The van der Waals surface area contributed by atoms with E-state index in [9.17, 15) is 4.79 Å². The Morgan fingerprint density at radius 3 is 2.76 bits per heavy atom. The Kier molecular flexibility index (Phi) is 3.54. The van der Waals surface area contributed by atoms with Gasteiger partial charge in [0.05, 0.1) is 6.54 Å². The van der Waals surface area contributed by atoms with Crippen molar-refractivity contribution in [1.82, 2.24) is 4.57 Å². The van der Waals surface area contributed by atoms with E-state index in [1.165, 1.54) is 6.07 Å². The summed E-state index contributed by atoms with van der Waals surface area (Å²) in [7, 11) is 0. The molecule has 0 radical (unpaired) electrons. The van der Waals surface area contributed by atoms with Crippen LogP contribution in [-0.4, -0.2) is 4.57 Å². The highest BCUT2D eigenvalue weighted by Crippen LogP contribution is 2.20. The summed E-state index contributed by atoms with van der Waals surface area (Å²) in [5.74, 6) is 0. The maximum Gasteiger partial charge on any atom is 0.250 e. The van der Waals surface area contributed by atoms with Crippen molar-refractivity contribution in [2.45, 2.75) is 6.54 Å². The molecule has 2 N–H and O–H groups in total. The molecular formula is C12H10BrClN2O. The van der Waals surface area contributed by atoms with Crippen LogP contribution in [0.15, 0.2) is 45.8 Å². The first kappa shape index (κ1) is 12.2. The van der Waals surface area contributed by atoms with E-state index in [1.54, 1.807) is 29.0 Å². The first-order valence-electron chi connectivity index (χ1n) is 4.96. The molecule has 3 nitrogen and oxygen atoms in total. The predicted molar refractivity (Wildman–Crippen MR) is 73.4 cm³/mol. The van der Waals surface area contributed by atoms with Gasteiger partial charge < -0.3 is 10.3 Å². The molecule has 1 aromatic heterocycles. The van der Waals surface area contributed by atoms with Crippen molar-refractivity contribution in [2.75, 3.05) is 5.73 Å². The summed E-state index contributed by atoms with van der Waals surface area (Å²) in [6, 6.07) is 8.49. The number of nitrogen functional groups attached to an aromatic ring is 1. The average molecular weight is 314 g/mol. The first-order chi connectivity index (χ1) is 8.06. The SMILES string of the molecule is Nc1ccc(Cn2cc(Br)ccc2=O)c(Cl)c1. The highest BCUT2D eigenvalue weighted by molar-refractivity contribution is 9.10. The normalized spacial score (nSPS) is 10.5. The molecule has 0 atom stereocenters. The highest BCUT2D eigenvalue weighted by Gasteiger charge is 2.03. The van der Waals surface area contributed by atoms with Crippen molar-refractivity contribution in [2.24, 2.45) is 0 Å². The Balaban J connectivity index is 2.38. The molecule has 1 heterocycles. The zero-order valence-corrected chi connectivity index (χ0v) is 11.2. The van der Waals surface area contributed by atoms with Gasteiger partial charge in [-0.2, -0.15) is 0 Å². The fraction of sp³-hybridized carbons (Fsp3) is 0.0833. The molecule has 0 aliphatic heterocycles. The monoisotopic (exact) mass is 312 g/mol. The summed E-state index contributed by atoms with van der Waals surface area (Å²) in [5, 5.41) is 0.567. The Bertz CT molecular complexity index is 610. The van der Waals surface area contributed by atoms with Crippen LogP contribution in [0.25, 0.3) is 0 Å². The zero-order valence-electron chi connectivity index (χ0n) is 8.86.